The second kappa shape index (κ2) is 4.90. The summed E-state index contributed by atoms with van der Waals surface area (Å²) in [6.45, 7) is 0. The van der Waals surface area contributed by atoms with Crippen LogP contribution < -0.4 is 5.32 Å². The molecule has 3 rings (SSSR count). The lowest BCUT2D eigenvalue weighted by Gasteiger charge is -2.18. The molecule has 1 aliphatic rings. The number of pyridine rings is 1. The lowest BCUT2D eigenvalue weighted by Crippen LogP contribution is -2.24. The van der Waals surface area contributed by atoms with Crippen molar-refractivity contribution in [3.05, 3.63) is 70.6 Å². The predicted molar refractivity (Wildman–Crippen MR) is 75.8 cm³/mol. The van der Waals surface area contributed by atoms with Gasteiger partial charge in [0.1, 0.15) is 10.7 Å². The number of hydrogen-bond donors (Lipinski definition) is 1. The van der Waals surface area contributed by atoms with Crippen molar-refractivity contribution in [2.45, 2.75) is 0 Å². The molecule has 0 saturated heterocycles. The highest BCUT2D eigenvalue weighted by Gasteiger charge is 2.31. The number of ketones is 2. The predicted octanol–water partition coefficient (Wildman–Crippen LogP) is 3.02. The third-order valence-electron chi connectivity index (χ3n) is 2.99. The number of aromatic nitrogens is 1. The molecule has 5 heteroatoms. The molecule has 1 aromatic carbocycles. The monoisotopic (exact) mass is 284 g/mol. The molecule has 1 heterocycles. The summed E-state index contributed by atoms with van der Waals surface area (Å²) in [5.74, 6) is -0.651. The Kier molecular flexibility index (Phi) is 3.08. The average molecular weight is 285 g/mol. The zero-order valence-corrected chi connectivity index (χ0v) is 11.0. The summed E-state index contributed by atoms with van der Waals surface area (Å²) < 4.78 is 0. The van der Waals surface area contributed by atoms with E-state index in [0.717, 1.165) is 0 Å². The standard InChI is InChI=1S/C15H9ClN2O2/c16-12-13(18-9-4-3-7-17-8-9)15(20)11-6-2-1-5-10(11)14(12)19/h1-8,18H. The van der Waals surface area contributed by atoms with E-state index in [1.807, 2.05) is 0 Å². The number of halogens is 1. The number of anilines is 1. The highest BCUT2D eigenvalue weighted by Crippen LogP contribution is 2.29. The highest BCUT2D eigenvalue weighted by atomic mass is 35.5. The van der Waals surface area contributed by atoms with Gasteiger partial charge in [0.05, 0.1) is 11.9 Å². The minimum absolute atomic E-state index is 0.0865. The summed E-state index contributed by atoms with van der Waals surface area (Å²) in [5, 5.41) is 2.77. The Bertz CT molecular complexity index is 739. The van der Waals surface area contributed by atoms with Gasteiger partial charge in [-0.3, -0.25) is 14.6 Å². The molecule has 1 aliphatic carbocycles. The third-order valence-corrected chi connectivity index (χ3v) is 3.35. The first-order chi connectivity index (χ1) is 9.68. The lowest BCUT2D eigenvalue weighted by molar-refractivity contribution is 0.0982. The Morgan fingerprint density at radius 2 is 1.65 bits per heavy atom. The summed E-state index contributed by atoms with van der Waals surface area (Å²) >= 11 is 6.03. The number of benzene rings is 1. The van der Waals surface area contributed by atoms with Crippen LogP contribution in [0.4, 0.5) is 5.69 Å². The number of allylic oxidation sites excluding steroid dienone is 2. The molecule has 0 fully saturated rings. The maximum Gasteiger partial charge on any atom is 0.211 e. The first-order valence-corrected chi connectivity index (χ1v) is 6.31. The molecule has 0 bridgehead atoms. The van der Waals surface area contributed by atoms with Crippen molar-refractivity contribution in [1.82, 2.24) is 4.98 Å². The van der Waals surface area contributed by atoms with Gasteiger partial charge in [0, 0.05) is 17.3 Å². The summed E-state index contributed by atoms with van der Waals surface area (Å²) in [5.41, 5.74) is 1.37. The van der Waals surface area contributed by atoms with Crippen LogP contribution >= 0.6 is 11.6 Å². The van der Waals surface area contributed by atoms with Gasteiger partial charge in [-0.15, -0.1) is 0 Å². The van der Waals surface area contributed by atoms with E-state index in [1.54, 1.807) is 48.8 Å². The molecule has 1 N–H and O–H groups in total. The zero-order chi connectivity index (χ0) is 14.1. The summed E-state index contributed by atoms with van der Waals surface area (Å²) in [4.78, 5) is 28.5. The molecule has 1 aromatic heterocycles. The van der Waals surface area contributed by atoms with Gasteiger partial charge in [-0.05, 0) is 12.1 Å². The van der Waals surface area contributed by atoms with Crippen LogP contribution in [0.3, 0.4) is 0 Å². The van der Waals surface area contributed by atoms with Gasteiger partial charge in [-0.2, -0.15) is 0 Å². The molecule has 98 valence electrons. The number of carbonyl (C=O) groups excluding carboxylic acids is 2. The van der Waals surface area contributed by atoms with E-state index in [2.05, 4.69) is 10.3 Å². The number of carbonyl (C=O) groups is 2. The fraction of sp³-hybridized carbons (Fsp3) is 0. The first-order valence-electron chi connectivity index (χ1n) is 5.93. The molecule has 0 unspecified atom stereocenters. The molecule has 4 nitrogen and oxygen atoms in total. The number of Topliss-reactive ketones (excluding diaryl/α,β-unsaturated/α-hetero) is 2. The van der Waals surface area contributed by atoms with Gasteiger partial charge >= 0.3 is 0 Å². The van der Waals surface area contributed by atoms with E-state index in [4.69, 9.17) is 11.6 Å². The van der Waals surface area contributed by atoms with E-state index in [-0.39, 0.29) is 22.3 Å². The molecule has 2 aromatic rings. The number of fused-ring (bicyclic) bond motifs is 1. The van der Waals surface area contributed by atoms with E-state index < -0.39 is 0 Å². The molecule has 0 amide bonds. The van der Waals surface area contributed by atoms with Crippen molar-refractivity contribution in [3.63, 3.8) is 0 Å². The molecule has 0 aliphatic heterocycles. The SMILES string of the molecule is O=C1C(Cl)=C(Nc2cccnc2)C(=O)c2ccccc21. The quantitative estimate of drug-likeness (QED) is 0.921. The van der Waals surface area contributed by atoms with E-state index in [9.17, 15) is 9.59 Å². The van der Waals surface area contributed by atoms with Crippen LogP contribution in [0.15, 0.2) is 59.5 Å². The van der Waals surface area contributed by atoms with Crippen LogP contribution in [0.2, 0.25) is 0 Å². The number of nitrogens with one attached hydrogen (secondary N) is 1. The van der Waals surface area contributed by atoms with Crippen LogP contribution in [0.25, 0.3) is 0 Å². The second-order valence-electron chi connectivity index (χ2n) is 4.26. The van der Waals surface area contributed by atoms with E-state index in [1.165, 1.54) is 0 Å². The van der Waals surface area contributed by atoms with Crippen LogP contribution in [0.5, 0.6) is 0 Å². The minimum atomic E-state index is -0.353. The molecule has 0 spiro atoms. The van der Waals surface area contributed by atoms with Gasteiger partial charge in [-0.1, -0.05) is 35.9 Å². The van der Waals surface area contributed by atoms with Crippen molar-refractivity contribution < 1.29 is 9.59 Å². The zero-order valence-electron chi connectivity index (χ0n) is 10.3. The van der Waals surface area contributed by atoms with Gasteiger partial charge in [0.15, 0.2) is 0 Å². The second-order valence-corrected chi connectivity index (χ2v) is 4.64. The number of rotatable bonds is 2. The van der Waals surface area contributed by atoms with Gasteiger partial charge in [0.25, 0.3) is 0 Å². The minimum Gasteiger partial charge on any atom is -0.350 e. The Balaban J connectivity index is 2.06. The molecule has 0 saturated carbocycles. The van der Waals surface area contributed by atoms with E-state index >= 15 is 0 Å². The molecule has 20 heavy (non-hydrogen) atoms. The van der Waals surface area contributed by atoms with Crippen molar-refractivity contribution in [1.29, 1.82) is 0 Å². The number of hydrogen-bond acceptors (Lipinski definition) is 4. The lowest BCUT2D eigenvalue weighted by atomic mass is 9.92. The maximum absolute atomic E-state index is 12.4. The fourth-order valence-electron chi connectivity index (χ4n) is 2.04. The van der Waals surface area contributed by atoms with Crippen molar-refractivity contribution in [2.75, 3.05) is 5.32 Å². The maximum atomic E-state index is 12.4. The fourth-order valence-corrected chi connectivity index (χ4v) is 2.27. The smallest absolute Gasteiger partial charge is 0.211 e. The average Bonchev–Trinajstić information content (AvgIpc) is 2.50. The summed E-state index contributed by atoms with van der Waals surface area (Å²) in [6.07, 6.45) is 3.17. The van der Waals surface area contributed by atoms with Gasteiger partial charge < -0.3 is 5.32 Å². The molecular weight excluding hydrogens is 276 g/mol. The van der Waals surface area contributed by atoms with Crippen molar-refractivity contribution in [2.24, 2.45) is 0 Å². The topological polar surface area (TPSA) is 59.1 Å². The Morgan fingerprint density at radius 1 is 0.950 bits per heavy atom. The first kappa shape index (κ1) is 12.6. The number of nitrogens with zero attached hydrogens (tertiary/aromatic N) is 1. The van der Waals surface area contributed by atoms with Crippen LogP contribution in [-0.2, 0) is 0 Å². The van der Waals surface area contributed by atoms with Gasteiger partial charge in [0.2, 0.25) is 11.6 Å². The van der Waals surface area contributed by atoms with Crippen LogP contribution in [0, 0.1) is 0 Å². The van der Waals surface area contributed by atoms with Crippen molar-refractivity contribution >= 4 is 28.9 Å². The molecule has 0 radical (unpaired) electrons. The normalized spacial score (nSPS) is 14.2. The van der Waals surface area contributed by atoms with Crippen LogP contribution in [-0.4, -0.2) is 16.6 Å². The summed E-state index contributed by atoms with van der Waals surface area (Å²) in [6, 6.07) is 10.1. The Labute approximate surface area is 120 Å². The van der Waals surface area contributed by atoms with Gasteiger partial charge in [-0.25, -0.2) is 0 Å². The largest absolute Gasteiger partial charge is 0.350 e. The van der Waals surface area contributed by atoms with Crippen LogP contribution in [0.1, 0.15) is 20.7 Å². The molecular formula is C15H9ClN2O2. The highest BCUT2D eigenvalue weighted by molar-refractivity contribution is 6.50. The third kappa shape index (κ3) is 2.00. The Hall–Kier alpha value is -2.46. The summed E-state index contributed by atoms with van der Waals surface area (Å²) in [7, 11) is 0. The molecule has 0 atom stereocenters. The Morgan fingerprint density at radius 3 is 2.30 bits per heavy atom. The van der Waals surface area contributed by atoms with E-state index in [0.29, 0.717) is 16.8 Å². The van der Waals surface area contributed by atoms with Crippen molar-refractivity contribution in [3.8, 4) is 0 Å².